The summed E-state index contributed by atoms with van der Waals surface area (Å²) in [4.78, 5) is 48.9. The maximum absolute atomic E-state index is 12.9. The standard InChI is InChI=1S/C17H28N2O6S.C16H26N2O6S.C16H24N2O6S/c1-11(20)16(2,3)13-10-14(25-19-13)18-15(21)17(4,5)26(22,23)12-6-8-24-9-7-12;2*1-15(2,10-19)12-9-13(24-18-12)17-14(20)16(3,4)25(21,22)11-5-7-23-8-6-11/h10-12,20H,6-9H2,1-5H3,(H,18,21);9,11,19H,5-8,10H2,1-4H3,(H,17,20);9-11H,5-8H2,1-4H3,(H,17,20). The van der Waals surface area contributed by atoms with E-state index in [1.54, 1.807) is 48.5 Å². The molecule has 3 aromatic heterocycles. The quantitative estimate of drug-likeness (QED) is 0.110. The summed E-state index contributed by atoms with van der Waals surface area (Å²) in [6, 6.07) is 4.41. The van der Waals surface area contributed by atoms with Crippen LogP contribution in [0.4, 0.5) is 17.7 Å². The summed E-state index contributed by atoms with van der Waals surface area (Å²) in [7, 11) is -11.1. The van der Waals surface area contributed by atoms with Crippen LogP contribution >= 0.6 is 0 Å². The van der Waals surface area contributed by atoms with E-state index in [0.717, 1.165) is 6.29 Å². The van der Waals surface area contributed by atoms with Crippen molar-refractivity contribution in [3.63, 3.8) is 0 Å². The molecule has 0 radical (unpaired) electrons. The van der Waals surface area contributed by atoms with E-state index in [2.05, 4.69) is 31.4 Å². The number of rotatable bonds is 18. The topological polar surface area (TPSA) is 353 Å². The Morgan fingerprint density at radius 2 is 0.829 bits per heavy atom. The zero-order valence-corrected chi connectivity index (χ0v) is 48.3. The Morgan fingerprint density at radius 3 is 1.12 bits per heavy atom. The number of hydrogen-bond donors (Lipinski definition) is 5. The first kappa shape index (κ1) is 63.9. The molecule has 3 aromatic rings. The molecular weight excluding hydrogens is 1060 g/mol. The number of aliphatic hydroxyl groups excluding tert-OH is 2. The van der Waals surface area contributed by atoms with Crippen molar-refractivity contribution in [2.45, 2.75) is 181 Å². The van der Waals surface area contributed by atoms with Gasteiger partial charge in [0.05, 0.1) is 51.0 Å². The second kappa shape index (κ2) is 24.6. The van der Waals surface area contributed by atoms with Crippen LogP contribution in [0.25, 0.3) is 0 Å². The Labute approximate surface area is 445 Å². The number of anilines is 3. The van der Waals surface area contributed by atoms with Gasteiger partial charge in [-0.2, -0.15) is 0 Å². The van der Waals surface area contributed by atoms with E-state index in [0.29, 0.717) is 95.2 Å². The molecule has 3 aliphatic heterocycles. The number of carbonyl (C=O) groups excluding carboxylic acids is 4. The van der Waals surface area contributed by atoms with Gasteiger partial charge < -0.3 is 42.8 Å². The summed E-state index contributed by atoms with van der Waals surface area (Å²) in [6.45, 7) is 22.5. The van der Waals surface area contributed by atoms with Crippen molar-refractivity contribution < 1.29 is 82.4 Å². The van der Waals surface area contributed by atoms with Crippen molar-refractivity contribution in [2.24, 2.45) is 0 Å². The molecule has 6 heterocycles. The van der Waals surface area contributed by atoms with Crippen molar-refractivity contribution in [3.8, 4) is 0 Å². The third-order valence-corrected chi connectivity index (χ3v) is 23.5. The number of carbonyl (C=O) groups is 4. The van der Waals surface area contributed by atoms with Crippen LogP contribution in [-0.2, 0) is 79.1 Å². The van der Waals surface area contributed by atoms with Crippen LogP contribution in [0.5, 0.6) is 0 Å². The monoisotopic (exact) mass is 1130 g/mol. The summed E-state index contributed by atoms with van der Waals surface area (Å²) in [6.07, 6.45) is 2.32. The Balaban J connectivity index is 0.000000246. The van der Waals surface area contributed by atoms with Gasteiger partial charge in [0.15, 0.2) is 29.5 Å². The molecule has 3 amide bonds. The largest absolute Gasteiger partial charge is 0.395 e. The highest BCUT2D eigenvalue weighted by molar-refractivity contribution is 7.94. The predicted molar refractivity (Wildman–Crippen MR) is 280 cm³/mol. The SMILES string of the molecule is CC(C)(C=O)c1cc(NC(=O)C(C)(C)S(=O)(=O)C2CCOCC2)on1.CC(C)(CO)c1cc(NC(=O)C(C)(C)S(=O)(=O)C2CCOCC2)on1.CC(O)C(C)(C)c1cc(NC(=O)C(C)(C)S(=O)(=O)C2CCOCC2)on1. The molecule has 5 N–H and O–H groups in total. The van der Waals surface area contributed by atoms with Gasteiger partial charge in [-0.05, 0) is 101 Å². The minimum absolute atomic E-state index is 0.00479. The number of hydrogen-bond acceptors (Lipinski definition) is 21. The van der Waals surface area contributed by atoms with Crippen LogP contribution in [0.3, 0.4) is 0 Å². The number of nitrogens with one attached hydrogen (secondary N) is 3. The minimum atomic E-state index is -3.72. The van der Waals surface area contributed by atoms with Gasteiger partial charge in [0.2, 0.25) is 35.4 Å². The molecule has 27 heteroatoms. The van der Waals surface area contributed by atoms with E-state index in [1.165, 1.54) is 59.7 Å². The lowest BCUT2D eigenvalue weighted by molar-refractivity contribution is -0.118. The van der Waals surface area contributed by atoms with Crippen LogP contribution in [-0.4, -0.2) is 157 Å². The normalized spacial score (nSPS) is 17.8. The summed E-state index contributed by atoms with van der Waals surface area (Å²) < 4.78 is 103. The molecule has 3 aliphatic rings. The number of aldehydes is 1. The molecule has 1 unspecified atom stereocenters. The van der Waals surface area contributed by atoms with E-state index in [9.17, 15) is 54.6 Å². The molecular formula is C49H78N6O18S3. The second-order valence-electron chi connectivity index (χ2n) is 22.5. The second-order valence-corrected chi connectivity index (χ2v) is 30.8. The molecule has 3 saturated heterocycles. The van der Waals surface area contributed by atoms with Crippen LogP contribution in [0, 0.1) is 0 Å². The smallest absolute Gasteiger partial charge is 0.247 e. The van der Waals surface area contributed by atoms with Crippen LogP contribution in [0.2, 0.25) is 0 Å². The predicted octanol–water partition coefficient (Wildman–Crippen LogP) is 4.36. The highest BCUT2D eigenvalue weighted by atomic mass is 32.2. The number of aliphatic hydroxyl groups is 2. The number of nitrogens with zero attached hydrogens (tertiary/aromatic N) is 3. The molecule has 0 spiro atoms. The van der Waals surface area contributed by atoms with E-state index in [-0.39, 0.29) is 24.3 Å². The molecule has 0 bridgehead atoms. The van der Waals surface area contributed by atoms with Gasteiger partial charge in [-0.3, -0.25) is 30.3 Å². The number of aromatic nitrogens is 3. The van der Waals surface area contributed by atoms with Crippen molar-refractivity contribution in [3.05, 3.63) is 35.3 Å². The zero-order valence-electron chi connectivity index (χ0n) is 45.8. The van der Waals surface area contributed by atoms with Gasteiger partial charge >= 0.3 is 0 Å². The third-order valence-electron chi connectivity index (χ3n) is 14.6. The summed E-state index contributed by atoms with van der Waals surface area (Å²) in [5, 5.41) is 36.3. The molecule has 0 aromatic carbocycles. The first-order valence-corrected chi connectivity index (χ1v) is 29.6. The maximum atomic E-state index is 12.9. The van der Waals surface area contributed by atoms with Crippen molar-refractivity contribution in [1.82, 2.24) is 15.5 Å². The number of sulfone groups is 3. The Hall–Kier alpha value is -4.64. The molecule has 0 aliphatic carbocycles. The zero-order chi connectivity index (χ0) is 57.5. The third kappa shape index (κ3) is 14.1. The average Bonchev–Trinajstić information content (AvgIpc) is 4.18. The van der Waals surface area contributed by atoms with Crippen LogP contribution in [0.15, 0.2) is 31.8 Å². The molecule has 430 valence electrons. The van der Waals surface area contributed by atoms with E-state index in [4.69, 9.17) is 27.8 Å². The van der Waals surface area contributed by atoms with Crippen LogP contribution < -0.4 is 16.0 Å². The fourth-order valence-corrected chi connectivity index (χ4v) is 13.5. The molecule has 6 rings (SSSR count). The number of ether oxygens (including phenoxy) is 3. The van der Waals surface area contributed by atoms with Crippen molar-refractivity contribution in [2.75, 3.05) is 62.2 Å². The molecule has 1 atom stereocenters. The van der Waals surface area contributed by atoms with Gasteiger partial charge in [-0.15, -0.1) is 0 Å². The maximum Gasteiger partial charge on any atom is 0.247 e. The molecule has 76 heavy (non-hydrogen) atoms. The van der Waals surface area contributed by atoms with E-state index >= 15 is 0 Å². The first-order chi connectivity index (χ1) is 34.9. The van der Waals surface area contributed by atoms with Gasteiger partial charge in [0.25, 0.3) is 0 Å². The molecule has 24 nitrogen and oxygen atoms in total. The lowest BCUT2D eigenvalue weighted by atomic mass is 9.84. The molecule has 0 saturated carbocycles. The Morgan fingerprint density at radius 1 is 0.553 bits per heavy atom. The minimum Gasteiger partial charge on any atom is -0.395 e. The van der Waals surface area contributed by atoms with Crippen LogP contribution in [0.1, 0.15) is 146 Å². The fraction of sp³-hybridized carbons (Fsp3) is 0.735. The lowest BCUT2D eigenvalue weighted by Gasteiger charge is -2.30. The highest BCUT2D eigenvalue weighted by Gasteiger charge is 2.50. The van der Waals surface area contributed by atoms with Crippen molar-refractivity contribution >= 4 is 71.2 Å². The summed E-state index contributed by atoms with van der Waals surface area (Å²) in [5.74, 6) is -1.95. The Kier molecular flexibility index (Phi) is 20.7. The summed E-state index contributed by atoms with van der Waals surface area (Å²) in [5.41, 5.74) is -0.881. The summed E-state index contributed by atoms with van der Waals surface area (Å²) >= 11 is 0. The van der Waals surface area contributed by atoms with E-state index < -0.39 is 99.6 Å². The van der Waals surface area contributed by atoms with Crippen molar-refractivity contribution in [1.29, 1.82) is 0 Å². The van der Waals surface area contributed by atoms with Gasteiger partial charge in [-0.1, -0.05) is 43.2 Å². The lowest BCUT2D eigenvalue weighted by Crippen LogP contribution is -2.50. The van der Waals surface area contributed by atoms with E-state index in [1.807, 2.05) is 0 Å². The van der Waals surface area contributed by atoms with Gasteiger partial charge in [-0.25, -0.2) is 25.3 Å². The fourth-order valence-electron chi connectivity index (χ4n) is 7.67. The van der Waals surface area contributed by atoms with Gasteiger partial charge in [0, 0.05) is 68.7 Å². The Bertz CT molecular complexity index is 2810. The average molecular weight is 1140 g/mol. The van der Waals surface area contributed by atoms with Gasteiger partial charge in [0.1, 0.15) is 20.5 Å². The highest BCUT2D eigenvalue weighted by Crippen LogP contribution is 2.34. The number of amides is 3. The first-order valence-electron chi connectivity index (χ1n) is 25.0. The molecule has 3 fully saturated rings.